The first kappa shape index (κ1) is 22.0. The van der Waals surface area contributed by atoms with E-state index in [1.807, 2.05) is 38.2 Å². The first-order valence-electron chi connectivity index (χ1n) is 11.3. The van der Waals surface area contributed by atoms with Crippen LogP contribution in [0.15, 0.2) is 24.3 Å². The number of esters is 1. The van der Waals surface area contributed by atoms with Crippen LogP contribution >= 0.6 is 0 Å². The maximum atomic E-state index is 13.7. The number of aliphatic hydroxyl groups excluding tert-OH is 1. The molecule has 4 aliphatic rings. The van der Waals surface area contributed by atoms with Crippen LogP contribution in [0.1, 0.15) is 39.5 Å². The number of fused-ring (bicyclic) bond motifs is 2. The number of carbonyl (C=O) groups is 3. The molecule has 1 N–H and O–H groups in total. The molecule has 2 saturated heterocycles. The SMILES string of the molecule is CC(C)N1CC=C[C@]23O[C@H]4C=CCCOC(=O)[C@H]4[C@H]2C(=O)N(CCCCCO)C3C1=O. The fourth-order valence-electron chi connectivity index (χ4n) is 5.40. The number of unbranched alkanes of at least 4 members (excludes halogenated alkanes) is 2. The molecule has 0 radical (unpaired) electrons. The Morgan fingerprint density at radius 1 is 1.16 bits per heavy atom. The quantitative estimate of drug-likeness (QED) is 0.383. The summed E-state index contributed by atoms with van der Waals surface area (Å²) in [4.78, 5) is 43.7. The van der Waals surface area contributed by atoms with Crippen molar-refractivity contribution in [1.82, 2.24) is 9.80 Å². The van der Waals surface area contributed by atoms with Crippen molar-refractivity contribution in [2.75, 3.05) is 26.3 Å². The van der Waals surface area contributed by atoms with Gasteiger partial charge in [0.1, 0.15) is 17.6 Å². The Kier molecular flexibility index (Phi) is 6.21. The zero-order valence-corrected chi connectivity index (χ0v) is 18.2. The van der Waals surface area contributed by atoms with Gasteiger partial charge in [-0.1, -0.05) is 24.3 Å². The van der Waals surface area contributed by atoms with E-state index >= 15 is 0 Å². The van der Waals surface area contributed by atoms with Crippen molar-refractivity contribution < 1.29 is 29.0 Å². The van der Waals surface area contributed by atoms with Gasteiger partial charge in [-0.15, -0.1) is 0 Å². The summed E-state index contributed by atoms with van der Waals surface area (Å²) in [6.07, 6.45) is 9.56. The lowest BCUT2D eigenvalue weighted by Crippen LogP contribution is -2.56. The van der Waals surface area contributed by atoms with Gasteiger partial charge in [0.25, 0.3) is 0 Å². The van der Waals surface area contributed by atoms with Crippen LogP contribution in [0.3, 0.4) is 0 Å². The van der Waals surface area contributed by atoms with Crippen LogP contribution < -0.4 is 0 Å². The summed E-state index contributed by atoms with van der Waals surface area (Å²) in [6, 6.07) is -0.840. The Hall–Kier alpha value is -2.19. The normalized spacial score (nSPS) is 34.9. The van der Waals surface area contributed by atoms with Gasteiger partial charge >= 0.3 is 5.97 Å². The van der Waals surface area contributed by atoms with Crippen LogP contribution in [0.2, 0.25) is 0 Å². The van der Waals surface area contributed by atoms with E-state index in [2.05, 4.69) is 0 Å². The smallest absolute Gasteiger partial charge is 0.312 e. The molecule has 4 rings (SSSR count). The minimum Gasteiger partial charge on any atom is -0.465 e. The van der Waals surface area contributed by atoms with Gasteiger partial charge in [-0.25, -0.2) is 0 Å². The number of amides is 2. The van der Waals surface area contributed by atoms with E-state index in [-0.39, 0.29) is 31.1 Å². The lowest BCUT2D eigenvalue weighted by molar-refractivity contribution is -0.155. The summed E-state index contributed by atoms with van der Waals surface area (Å²) in [5.74, 6) is -2.36. The average Bonchev–Trinajstić information content (AvgIpc) is 3.09. The second kappa shape index (κ2) is 8.74. The number of rotatable bonds is 6. The molecule has 8 nitrogen and oxygen atoms in total. The van der Waals surface area contributed by atoms with Crippen molar-refractivity contribution in [2.45, 2.75) is 63.3 Å². The molecule has 31 heavy (non-hydrogen) atoms. The maximum absolute atomic E-state index is 13.7. The van der Waals surface area contributed by atoms with Crippen LogP contribution in [0.5, 0.6) is 0 Å². The number of carbonyl (C=O) groups excluding carboxylic acids is 3. The van der Waals surface area contributed by atoms with E-state index in [1.165, 1.54) is 0 Å². The van der Waals surface area contributed by atoms with Crippen LogP contribution in [-0.2, 0) is 23.9 Å². The van der Waals surface area contributed by atoms with Gasteiger partial charge in [-0.3, -0.25) is 14.4 Å². The molecule has 2 amide bonds. The molecular weight excluding hydrogens is 400 g/mol. The highest BCUT2D eigenvalue weighted by molar-refractivity contribution is 5.99. The van der Waals surface area contributed by atoms with Gasteiger partial charge in [0.05, 0.1) is 18.6 Å². The second-order valence-corrected chi connectivity index (χ2v) is 9.03. The summed E-state index contributed by atoms with van der Waals surface area (Å²) < 4.78 is 11.9. The van der Waals surface area contributed by atoms with Gasteiger partial charge < -0.3 is 24.4 Å². The largest absolute Gasteiger partial charge is 0.465 e. The average molecular weight is 433 g/mol. The van der Waals surface area contributed by atoms with Gasteiger partial charge in [0.2, 0.25) is 11.8 Å². The number of hydrogen-bond donors (Lipinski definition) is 1. The van der Waals surface area contributed by atoms with Crippen molar-refractivity contribution in [3.05, 3.63) is 24.3 Å². The van der Waals surface area contributed by atoms with E-state index in [9.17, 15) is 14.4 Å². The first-order chi connectivity index (χ1) is 14.9. The van der Waals surface area contributed by atoms with E-state index < -0.39 is 35.6 Å². The molecule has 0 bridgehead atoms. The monoisotopic (exact) mass is 432 g/mol. The third kappa shape index (κ3) is 3.59. The Morgan fingerprint density at radius 3 is 2.71 bits per heavy atom. The standard InChI is InChI=1S/C23H32N2O6/c1-15(2)24-12-8-10-23-18(17-16(31-23)9-4-7-14-30-22(17)29)20(27)25(19(23)21(24)28)11-5-3-6-13-26/h4,8-10,15-19,26H,3,5-7,11-14H2,1-2H3/t16-,17+,18-,19?,23-/m0/s1. The number of cyclic esters (lactones) is 1. The number of ether oxygens (including phenoxy) is 2. The minimum atomic E-state index is -1.18. The predicted octanol–water partition coefficient (Wildman–Crippen LogP) is 1.04. The Balaban J connectivity index is 1.75. The molecule has 170 valence electrons. The molecule has 0 aliphatic carbocycles. The molecule has 4 aliphatic heterocycles. The van der Waals surface area contributed by atoms with Crippen LogP contribution in [0.4, 0.5) is 0 Å². The van der Waals surface area contributed by atoms with Crippen molar-refractivity contribution in [3.63, 3.8) is 0 Å². The number of hydrogen-bond acceptors (Lipinski definition) is 6. The fraction of sp³-hybridized carbons (Fsp3) is 0.696. The number of aliphatic hydroxyl groups is 1. The topological polar surface area (TPSA) is 96.4 Å². The number of likely N-dealkylation sites (tertiary alicyclic amines) is 1. The van der Waals surface area contributed by atoms with Crippen molar-refractivity contribution in [3.8, 4) is 0 Å². The molecule has 0 aromatic heterocycles. The minimum absolute atomic E-state index is 0.0300. The lowest BCUT2D eigenvalue weighted by Gasteiger charge is -2.36. The van der Waals surface area contributed by atoms with Crippen LogP contribution in [-0.4, -0.2) is 82.8 Å². The summed E-state index contributed by atoms with van der Waals surface area (Å²) in [5.41, 5.74) is -1.18. The highest BCUT2D eigenvalue weighted by Crippen LogP contribution is 2.53. The van der Waals surface area contributed by atoms with Crippen LogP contribution in [0.25, 0.3) is 0 Å². The van der Waals surface area contributed by atoms with Crippen LogP contribution in [0, 0.1) is 11.8 Å². The van der Waals surface area contributed by atoms with E-state index in [0.717, 1.165) is 6.42 Å². The van der Waals surface area contributed by atoms with Crippen molar-refractivity contribution in [1.29, 1.82) is 0 Å². The molecular formula is C23H32N2O6. The van der Waals surface area contributed by atoms with Gasteiger partial charge in [0, 0.05) is 25.7 Å². The van der Waals surface area contributed by atoms with Crippen molar-refractivity contribution >= 4 is 17.8 Å². The molecule has 4 heterocycles. The summed E-state index contributed by atoms with van der Waals surface area (Å²) in [7, 11) is 0. The summed E-state index contributed by atoms with van der Waals surface area (Å²) >= 11 is 0. The van der Waals surface area contributed by atoms with E-state index in [1.54, 1.807) is 9.80 Å². The predicted molar refractivity (Wildman–Crippen MR) is 112 cm³/mol. The highest BCUT2D eigenvalue weighted by atomic mass is 16.6. The third-order valence-electron chi connectivity index (χ3n) is 6.83. The molecule has 8 heteroatoms. The molecule has 5 atom stereocenters. The highest BCUT2D eigenvalue weighted by Gasteiger charge is 2.71. The Bertz CT molecular complexity index is 793. The summed E-state index contributed by atoms with van der Waals surface area (Å²) in [6.45, 7) is 5.10. The molecule has 0 aromatic carbocycles. The first-order valence-corrected chi connectivity index (χ1v) is 11.3. The fourth-order valence-corrected chi connectivity index (χ4v) is 5.40. The van der Waals surface area contributed by atoms with Gasteiger partial charge in [-0.2, -0.15) is 0 Å². The molecule has 1 spiro atoms. The maximum Gasteiger partial charge on any atom is 0.312 e. The number of nitrogens with zero attached hydrogens (tertiary/aromatic N) is 2. The Morgan fingerprint density at radius 2 is 1.97 bits per heavy atom. The molecule has 2 fully saturated rings. The lowest BCUT2D eigenvalue weighted by atomic mass is 9.77. The molecule has 0 aromatic rings. The van der Waals surface area contributed by atoms with Crippen molar-refractivity contribution in [2.24, 2.45) is 11.8 Å². The third-order valence-corrected chi connectivity index (χ3v) is 6.83. The van der Waals surface area contributed by atoms with Gasteiger partial charge in [-0.05, 0) is 39.5 Å². The second-order valence-electron chi connectivity index (χ2n) is 9.03. The molecule has 1 unspecified atom stereocenters. The Labute approximate surface area is 182 Å². The van der Waals surface area contributed by atoms with E-state index in [0.29, 0.717) is 32.4 Å². The van der Waals surface area contributed by atoms with Gasteiger partial charge in [0.15, 0.2) is 0 Å². The molecule has 0 saturated carbocycles. The van der Waals surface area contributed by atoms with E-state index in [4.69, 9.17) is 14.6 Å². The zero-order valence-electron chi connectivity index (χ0n) is 18.2. The summed E-state index contributed by atoms with van der Waals surface area (Å²) in [5, 5.41) is 9.08. The zero-order chi connectivity index (χ0) is 22.2.